The van der Waals surface area contributed by atoms with Crippen LogP contribution in [0.25, 0.3) is 0 Å². The fraction of sp³-hybridized carbons (Fsp3) is 0.929. The quantitative estimate of drug-likeness (QED) is 0.675. The van der Waals surface area contributed by atoms with Crippen LogP contribution >= 0.6 is 0 Å². The van der Waals surface area contributed by atoms with Crippen molar-refractivity contribution < 1.29 is 17.9 Å². The van der Waals surface area contributed by atoms with Crippen LogP contribution < -0.4 is 5.32 Å². The molecule has 1 rings (SSSR count). The standard InChI is InChI=1S/C14H28N2O4S/c1-4-20-14(17)7-9-21(18,19)16(12(2)3)11-13-6-5-8-15-10-13/h12-13,15H,4-11H2,1-3H3. The molecule has 0 aromatic heterocycles. The summed E-state index contributed by atoms with van der Waals surface area (Å²) in [5.41, 5.74) is 0. The summed E-state index contributed by atoms with van der Waals surface area (Å²) < 4.78 is 31.2. The van der Waals surface area contributed by atoms with E-state index in [4.69, 9.17) is 4.74 Å². The summed E-state index contributed by atoms with van der Waals surface area (Å²) in [6.07, 6.45) is 2.05. The van der Waals surface area contributed by atoms with Gasteiger partial charge in [0, 0.05) is 12.6 Å². The van der Waals surface area contributed by atoms with E-state index in [1.807, 2.05) is 13.8 Å². The highest BCUT2D eigenvalue weighted by atomic mass is 32.2. The van der Waals surface area contributed by atoms with Crippen molar-refractivity contribution in [1.82, 2.24) is 9.62 Å². The van der Waals surface area contributed by atoms with E-state index < -0.39 is 16.0 Å². The molecule has 1 N–H and O–H groups in total. The van der Waals surface area contributed by atoms with Crippen molar-refractivity contribution in [2.24, 2.45) is 5.92 Å². The molecular formula is C14H28N2O4S. The molecule has 0 aromatic rings. The first-order chi connectivity index (χ1) is 9.86. The average Bonchev–Trinajstić information content (AvgIpc) is 2.44. The van der Waals surface area contributed by atoms with Gasteiger partial charge in [-0.15, -0.1) is 0 Å². The van der Waals surface area contributed by atoms with Crippen LogP contribution in [0.1, 0.15) is 40.0 Å². The van der Waals surface area contributed by atoms with Gasteiger partial charge in [-0.25, -0.2) is 8.42 Å². The molecule has 1 heterocycles. The van der Waals surface area contributed by atoms with Gasteiger partial charge in [0.2, 0.25) is 10.0 Å². The lowest BCUT2D eigenvalue weighted by Gasteiger charge is -2.32. The predicted octanol–water partition coefficient (Wildman–Crippen LogP) is 0.979. The Morgan fingerprint density at radius 1 is 1.43 bits per heavy atom. The van der Waals surface area contributed by atoms with Crippen molar-refractivity contribution in [1.29, 1.82) is 0 Å². The second-order valence-electron chi connectivity index (χ2n) is 5.75. The molecule has 0 saturated carbocycles. The van der Waals surface area contributed by atoms with Crippen LogP contribution in [0.5, 0.6) is 0 Å². The van der Waals surface area contributed by atoms with E-state index in [2.05, 4.69) is 5.32 Å². The number of piperidine rings is 1. The van der Waals surface area contributed by atoms with Crippen LogP contribution in [0, 0.1) is 5.92 Å². The van der Waals surface area contributed by atoms with Gasteiger partial charge in [0.25, 0.3) is 0 Å². The van der Waals surface area contributed by atoms with Crippen molar-refractivity contribution in [2.45, 2.75) is 46.1 Å². The molecule has 7 heteroatoms. The van der Waals surface area contributed by atoms with E-state index in [9.17, 15) is 13.2 Å². The molecule has 0 amide bonds. The zero-order valence-corrected chi connectivity index (χ0v) is 14.1. The molecule has 1 unspecified atom stereocenters. The van der Waals surface area contributed by atoms with Crippen LogP contribution in [-0.4, -0.2) is 56.7 Å². The molecule has 6 nitrogen and oxygen atoms in total. The molecule has 0 aromatic carbocycles. The van der Waals surface area contributed by atoms with Crippen molar-refractivity contribution in [2.75, 3.05) is 32.0 Å². The first-order valence-corrected chi connectivity index (χ1v) is 9.33. The molecule has 0 aliphatic carbocycles. The highest BCUT2D eigenvalue weighted by Crippen LogP contribution is 2.17. The Labute approximate surface area is 128 Å². The number of nitrogens with one attached hydrogen (secondary N) is 1. The number of hydrogen-bond donors (Lipinski definition) is 1. The van der Waals surface area contributed by atoms with E-state index in [1.54, 1.807) is 6.92 Å². The van der Waals surface area contributed by atoms with Crippen molar-refractivity contribution >= 4 is 16.0 Å². The molecule has 124 valence electrons. The molecule has 0 spiro atoms. The van der Waals surface area contributed by atoms with Gasteiger partial charge >= 0.3 is 5.97 Å². The van der Waals surface area contributed by atoms with Gasteiger partial charge in [0.1, 0.15) is 0 Å². The van der Waals surface area contributed by atoms with Crippen LogP contribution in [0.3, 0.4) is 0 Å². The number of nitrogens with zero attached hydrogens (tertiary/aromatic N) is 1. The summed E-state index contributed by atoms with van der Waals surface area (Å²) in [4.78, 5) is 11.4. The van der Waals surface area contributed by atoms with Crippen LogP contribution in [0.2, 0.25) is 0 Å². The van der Waals surface area contributed by atoms with E-state index in [0.29, 0.717) is 12.5 Å². The minimum absolute atomic E-state index is 0.0810. The Hall–Kier alpha value is -0.660. The average molecular weight is 320 g/mol. The fourth-order valence-electron chi connectivity index (χ4n) is 2.54. The van der Waals surface area contributed by atoms with Crippen LogP contribution in [0.15, 0.2) is 0 Å². The fourth-order valence-corrected chi connectivity index (χ4v) is 4.28. The second kappa shape index (κ2) is 8.70. The van der Waals surface area contributed by atoms with Crippen LogP contribution in [0.4, 0.5) is 0 Å². The lowest BCUT2D eigenvalue weighted by Crippen LogP contribution is -2.45. The number of rotatable bonds is 8. The van der Waals surface area contributed by atoms with Gasteiger partial charge in [0.05, 0.1) is 18.8 Å². The monoisotopic (exact) mass is 320 g/mol. The second-order valence-corrected chi connectivity index (χ2v) is 7.79. The number of carbonyl (C=O) groups excluding carboxylic acids is 1. The van der Waals surface area contributed by atoms with E-state index in [0.717, 1.165) is 25.9 Å². The number of ether oxygens (including phenoxy) is 1. The van der Waals surface area contributed by atoms with Gasteiger partial charge in [0.15, 0.2) is 0 Å². The number of sulfonamides is 1. The summed E-state index contributed by atoms with van der Waals surface area (Å²) in [7, 11) is -3.43. The normalized spacial score (nSPS) is 20.0. The Kier molecular flexibility index (Phi) is 7.62. The first-order valence-electron chi connectivity index (χ1n) is 7.72. The third-order valence-electron chi connectivity index (χ3n) is 3.64. The molecule has 1 aliphatic rings. The molecule has 0 bridgehead atoms. The molecule has 1 aliphatic heterocycles. The summed E-state index contributed by atoms with van der Waals surface area (Å²) in [6.45, 7) is 8.12. The topological polar surface area (TPSA) is 75.7 Å². The first kappa shape index (κ1) is 18.4. The van der Waals surface area contributed by atoms with Crippen LogP contribution in [-0.2, 0) is 19.6 Å². The SMILES string of the molecule is CCOC(=O)CCS(=O)(=O)N(CC1CCCNC1)C(C)C. The number of carbonyl (C=O) groups is 1. The van der Waals surface area contributed by atoms with E-state index in [1.165, 1.54) is 4.31 Å². The van der Waals surface area contributed by atoms with E-state index >= 15 is 0 Å². The molecule has 1 atom stereocenters. The number of esters is 1. The molecule has 1 saturated heterocycles. The third-order valence-corrected chi connectivity index (χ3v) is 5.65. The summed E-state index contributed by atoms with van der Waals surface area (Å²) >= 11 is 0. The molecule has 21 heavy (non-hydrogen) atoms. The Morgan fingerprint density at radius 3 is 2.67 bits per heavy atom. The maximum Gasteiger partial charge on any atom is 0.306 e. The molecule has 0 radical (unpaired) electrons. The van der Waals surface area contributed by atoms with Gasteiger partial charge in [-0.05, 0) is 52.6 Å². The van der Waals surface area contributed by atoms with Crippen molar-refractivity contribution in [3.8, 4) is 0 Å². The maximum atomic E-state index is 12.5. The Balaban J connectivity index is 2.62. The zero-order chi connectivity index (χ0) is 15.9. The van der Waals surface area contributed by atoms with E-state index in [-0.39, 0.29) is 24.8 Å². The van der Waals surface area contributed by atoms with Gasteiger partial charge in [-0.2, -0.15) is 4.31 Å². The minimum Gasteiger partial charge on any atom is -0.466 e. The predicted molar refractivity (Wildman–Crippen MR) is 82.5 cm³/mol. The molecular weight excluding hydrogens is 292 g/mol. The largest absolute Gasteiger partial charge is 0.466 e. The third kappa shape index (κ3) is 6.32. The minimum atomic E-state index is -3.43. The van der Waals surface area contributed by atoms with Crippen molar-refractivity contribution in [3.63, 3.8) is 0 Å². The van der Waals surface area contributed by atoms with Gasteiger partial charge in [-0.1, -0.05) is 0 Å². The van der Waals surface area contributed by atoms with Gasteiger partial charge < -0.3 is 10.1 Å². The summed E-state index contributed by atoms with van der Waals surface area (Å²) in [6, 6.07) is -0.0980. The van der Waals surface area contributed by atoms with Crippen molar-refractivity contribution in [3.05, 3.63) is 0 Å². The summed E-state index contributed by atoms with van der Waals surface area (Å²) in [5, 5.41) is 3.30. The zero-order valence-electron chi connectivity index (χ0n) is 13.3. The maximum absolute atomic E-state index is 12.5. The Morgan fingerprint density at radius 2 is 2.14 bits per heavy atom. The Bertz CT molecular complexity index is 417. The highest BCUT2D eigenvalue weighted by molar-refractivity contribution is 7.89. The lowest BCUT2D eigenvalue weighted by molar-refractivity contribution is -0.142. The number of hydrogen-bond acceptors (Lipinski definition) is 5. The highest BCUT2D eigenvalue weighted by Gasteiger charge is 2.29. The lowest BCUT2D eigenvalue weighted by atomic mass is 9.99. The summed E-state index contributed by atoms with van der Waals surface area (Å²) in [5.74, 6) is -0.285. The van der Waals surface area contributed by atoms with Gasteiger partial charge in [-0.3, -0.25) is 4.79 Å². The smallest absolute Gasteiger partial charge is 0.306 e. The molecule has 1 fully saturated rings.